The van der Waals surface area contributed by atoms with Gasteiger partial charge in [0.05, 0.1) is 0 Å². The first kappa shape index (κ1) is 13.9. The molecule has 0 radical (unpaired) electrons. The molecular weight excluding hydrogens is 270 g/mol. The largest absolute Gasteiger partial charge is 0.341 e. The van der Waals surface area contributed by atoms with Crippen molar-refractivity contribution in [1.82, 2.24) is 14.5 Å². The highest BCUT2D eigenvalue weighted by atomic mass is 35.5. The molecule has 104 valence electrons. The number of halogens is 1. The Morgan fingerprint density at radius 2 is 1.84 bits per heavy atom. The molecule has 2 heterocycles. The molecule has 0 spiro atoms. The number of aromatic amines is 1. The van der Waals surface area contributed by atoms with Crippen LogP contribution in [0.5, 0.6) is 0 Å². The maximum Gasteiger partial charge on any atom is 0.328 e. The lowest BCUT2D eigenvalue weighted by molar-refractivity contribution is -0.131. The number of nitrogens with zero attached hydrogens (tertiary/aromatic N) is 2. The van der Waals surface area contributed by atoms with E-state index in [1.807, 2.05) is 0 Å². The minimum absolute atomic E-state index is 0.0880. The molecule has 1 aromatic heterocycles. The molecule has 1 aliphatic heterocycles. The van der Waals surface area contributed by atoms with Crippen LogP contribution < -0.4 is 11.2 Å². The van der Waals surface area contributed by atoms with Crippen LogP contribution in [0.3, 0.4) is 0 Å². The molecule has 2 rings (SSSR count). The van der Waals surface area contributed by atoms with Gasteiger partial charge in [0, 0.05) is 19.3 Å². The number of carbonyl (C=O) groups is 1. The van der Waals surface area contributed by atoms with Gasteiger partial charge in [0.2, 0.25) is 5.91 Å². The topological polar surface area (TPSA) is 75.2 Å². The van der Waals surface area contributed by atoms with Crippen LogP contribution in [0.4, 0.5) is 0 Å². The average molecular weight is 286 g/mol. The zero-order valence-electron chi connectivity index (χ0n) is 10.5. The number of aromatic nitrogens is 2. The first-order valence-electron chi connectivity index (χ1n) is 6.35. The lowest BCUT2D eigenvalue weighted by atomic mass is 10.2. The number of nitrogens with one attached hydrogen (secondary N) is 1. The summed E-state index contributed by atoms with van der Waals surface area (Å²) in [6.07, 6.45) is 5.46. The van der Waals surface area contributed by atoms with Gasteiger partial charge in [-0.1, -0.05) is 24.4 Å². The molecule has 1 fully saturated rings. The Morgan fingerprint density at radius 1 is 1.21 bits per heavy atom. The summed E-state index contributed by atoms with van der Waals surface area (Å²) >= 11 is 5.65. The van der Waals surface area contributed by atoms with Gasteiger partial charge in [-0.3, -0.25) is 19.1 Å². The first-order valence-corrected chi connectivity index (χ1v) is 6.73. The minimum atomic E-state index is -0.634. The SMILES string of the molecule is O=C(Cn1cc(Cl)c(=O)[nH]c1=O)N1CCCCCC1. The van der Waals surface area contributed by atoms with E-state index >= 15 is 0 Å². The third-order valence-corrected chi connectivity index (χ3v) is 3.50. The molecule has 1 amide bonds. The highest BCUT2D eigenvalue weighted by Crippen LogP contribution is 2.10. The van der Waals surface area contributed by atoms with Crippen molar-refractivity contribution in [2.24, 2.45) is 0 Å². The zero-order chi connectivity index (χ0) is 13.8. The molecule has 19 heavy (non-hydrogen) atoms. The Balaban J connectivity index is 2.12. The number of rotatable bonds is 2. The van der Waals surface area contributed by atoms with E-state index in [0.29, 0.717) is 0 Å². The first-order chi connectivity index (χ1) is 9.08. The number of hydrogen-bond acceptors (Lipinski definition) is 3. The summed E-state index contributed by atoms with van der Waals surface area (Å²) in [5, 5.41) is -0.0942. The Kier molecular flexibility index (Phi) is 4.42. The molecule has 0 unspecified atom stereocenters. The summed E-state index contributed by atoms with van der Waals surface area (Å²) < 4.78 is 1.14. The molecule has 1 saturated heterocycles. The van der Waals surface area contributed by atoms with Crippen molar-refractivity contribution >= 4 is 17.5 Å². The third kappa shape index (κ3) is 3.47. The normalized spacial score (nSPS) is 16.2. The second-order valence-corrected chi connectivity index (χ2v) is 5.07. The van der Waals surface area contributed by atoms with Crippen molar-refractivity contribution < 1.29 is 4.79 Å². The number of amides is 1. The number of H-pyrrole nitrogens is 1. The number of carbonyl (C=O) groups excluding carboxylic acids is 1. The highest BCUT2D eigenvalue weighted by molar-refractivity contribution is 6.30. The fraction of sp³-hybridized carbons (Fsp3) is 0.583. The lowest BCUT2D eigenvalue weighted by Crippen LogP contribution is -2.39. The van der Waals surface area contributed by atoms with Crippen LogP contribution >= 0.6 is 11.6 Å². The summed E-state index contributed by atoms with van der Waals surface area (Å²) in [5.74, 6) is -0.118. The third-order valence-electron chi connectivity index (χ3n) is 3.23. The van der Waals surface area contributed by atoms with Crippen LogP contribution in [-0.2, 0) is 11.3 Å². The van der Waals surface area contributed by atoms with Gasteiger partial charge >= 0.3 is 5.69 Å². The lowest BCUT2D eigenvalue weighted by Gasteiger charge is -2.20. The van der Waals surface area contributed by atoms with Gasteiger partial charge in [-0.15, -0.1) is 0 Å². The molecule has 1 aromatic rings. The van der Waals surface area contributed by atoms with E-state index in [-0.39, 0.29) is 17.5 Å². The van der Waals surface area contributed by atoms with Gasteiger partial charge in [-0.25, -0.2) is 4.79 Å². The van der Waals surface area contributed by atoms with Crippen molar-refractivity contribution in [3.8, 4) is 0 Å². The van der Waals surface area contributed by atoms with Crippen LogP contribution in [0.15, 0.2) is 15.8 Å². The van der Waals surface area contributed by atoms with E-state index in [9.17, 15) is 14.4 Å². The Bertz CT molecular complexity index is 570. The molecule has 0 atom stereocenters. The molecule has 0 aromatic carbocycles. The quantitative estimate of drug-likeness (QED) is 0.864. The van der Waals surface area contributed by atoms with E-state index in [1.54, 1.807) is 4.90 Å². The summed E-state index contributed by atoms with van der Waals surface area (Å²) in [4.78, 5) is 38.6. The van der Waals surface area contributed by atoms with E-state index in [2.05, 4.69) is 4.98 Å². The second kappa shape index (κ2) is 6.06. The summed E-state index contributed by atoms with van der Waals surface area (Å²) in [7, 11) is 0. The fourth-order valence-corrected chi connectivity index (χ4v) is 2.33. The standard InChI is InChI=1S/C12H16ClN3O3/c13-9-7-16(12(19)14-11(9)18)8-10(17)15-5-3-1-2-4-6-15/h7H,1-6,8H2,(H,14,18,19). The molecule has 1 aliphatic rings. The molecule has 6 nitrogen and oxygen atoms in total. The number of hydrogen-bond donors (Lipinski definition) is 1. The Labute approximate surface area is 115 Å². The molecule has 0 bridgehead atoms. The van der Waals surface area contributed by atoms with Crippen molar-refractivity contribution in [3.63, 3.8) is 0 Å². The van der Waals surface area contributed by atoms with Gasteiger partial charge < -0.3 is 4.90 Å². The number of likely N-dealkylation sites (tertiary alicyclic amines) is 1. The summed E-state index contributed by atoms with van der Waals surface area (Å²) in [5.41, 5.74) is -1.25. The van der Waals surface area contributed by atoms with Crippen LogP contribution in [0.25, 0.3) is 0 Å². The van der Waals surface area contributed by atoms with Gasteiger partial charge in [-0.05, 0) is 12.8 Å². The van der Waals surface area contributed by atoms with Crippen molar-refractivity contribution in [2.75, 3.05) is 13.1 Å². The van der Waals surface area contributed by atoms with E-state index < -0.39 is 11.2 Å². The average Bonchev–Trinajstić information content (AvgIpc) is 2.64. The van der Waals surface area contributed by atoms with Gasteiger partial charge in [0.1, 0.15) is 11.6 Å². The summed E-state index contributed by atoms with van der Waals surface area (Å²) in [6.45, 7) is 1.37. The van der Waals surface area contributed by atoms with Crippen molar-refractivity contribution in [1.29, 1.82) is 0 Å². The maximum absolute atomic E-state index is 12.1. The van der Waals surface area contributed by atoms with E-state index in [0.717, 1.165) is 43.3 Å². The Hall–Kier alpha value is -1.56. The van der Waals surface area contributed by atoms with Crippen LogP contribution in [0, 0.1) is 0 Å². The second-order valence-electron chi connectivity index (χ2n) is 4.66. The smallest absolute Gasteiger partial charge is 0.328 e. The van der Waals surface area contributed by atoms with Crippen molar-refractivity contribution in [2.45, 2.75) is 32.2 Å². The van der Waals surface area contributed by atoms with Crippen LogP contribution in [-0.4, -0.2) is 33.4 Å². The zero-order valence-corrected chi connectivity index (χ0v) is 11.3. The molecular formula is C12H16ClN3O3. The van der Waals surface area contributed by atoms with Crippen LogP contribution in [0.2, 0.25) is 5.02 Å². The maximum atomic E-state index is 12.1. The molecule has 1 N–H and O–H groups in total. The molecule has 0 aliphatic carbocycles. The highest BCUT2D eigenvalue weighted by Gasteiger charge is 2.16. The van der Waals surface area contributed by atoms with E-state index in [4.69, 9.17) is 11.6 Å². The van der Waals surface area contributed by atoms with Gasteiger partial charge in [0.25, 0.3) is 5.56 Å². The van der Waals surface area contributed by atoms with E-state index in [1.165, 1.54) is 6.20 Å². The van der Waals surface area contributed by atoms with Gasteiger partial charge in [-0.2, -0.15) is 0 Å². The van der Waals surface area contributed by atoms with Crippen LogP contribution in [0.1, 0.15) is 25.7 Å². The van der Waals surface area contributed by atoms with Gasteiger partial charge in [0.15, 0.2) is 0 Å². The fourth-order valence-electron chi connectivity index (χ4n) is 2.17. The van der Waals surface area contributed by atoms with Crippen molar-refractivity contribution in [3.05, 3.63) is 32.1 Å². The predicted molar refractivity (Wildman–Crippen MR) is 71.4 cm³/mol. The Morgan fingerprint density at radius 3 is 2.47 bits per heavy atom. The summed E-state index contributed by atoms with van der Waals surface area (Å²) in [6, 6.07) is 0. The minimum Gasteiger partial charge on any atom is -0.341 e. The molecule has 0 saturated carbocycles. The molecule has 7 heteroatoms. The monoisotopic (exact) mass is 285 g/mol. The predicted octanol–water partition coefficient (Wildman–Crippen LogP) is 0.593.